The zero-order chi connectivity index (χ0) is 20.9. The fourth-order valence-corrected chi connectivity index (χ4v) is 2.58. The molecule has 2 amide bonds. The number of rotatable bonds is 5. The highest BCUT2D eigenvalue weighted by atomic mass is 19.1. The van der Waals surface area contributed by atoms with Crippen molar-refractivity contribution in [3.05, 3.63) is 84.7 Å². The summed E-state index contributed by atoms with van der Waals surface area (Å²) in [7, 11) is 0. The highest BCUT2D eigenvalue weighted by molar-refractivity contribution is 5.99. The van der Waals surface area contributed by atoms with Gasteiger partial charge in [-0.05, 0) is 54.6 Å². The van der Waals surface area contributed by atoms with Crippen LogP contribution in [-0.4, -0.2) is 26.0 Å². The Kier molecular flexibility index (Phi) is 5.29. The van der Waals surface area contributed by atoms with E-state index in [1.165, 1.54) is 0 Å². The summed E-state index contributed by atoms with van der Waals surface area (Å²) in [5, 5.41) is 20.3. The van der Waals surface area contributed by atoms with E-state index in [-0.39, 0.29) is 5.69 Å². The Morgan fingerprint density at radius 2 is 1.70 bits per heavy atom. The summed E-state index contributed by atoms with van der Waals surface area (Å²) < 4.78 is 28.1. The molecule has 0 aliphatic heterocycles. The van der Waals surface area contributed by atoms with Gasteiger partial charge in [0.1, 0.15) is 11.6 Å². The molecule has 0 unspecified atom stereocenters. The summed E-state index contributed by atoms with van der Waals surface area (Å²) in [5.41, 5.74) is 1.09. The number of amides is 2. The van der Waals surface area contributed by atoms with E-state index in [0.29, 0.717) is 23.4 Å². The first-order valence-corrected chi connectivity index (χ1v) is 8.81. The fraction of sp³-hybridized carbons (Fsp3) is 0. The van der Waals surface area contributed by atoms with E-state index in [0.717, 1.165) is 17.8 Å². The van der Waals surface area contributed by atoms with Crippen molar-refractivity contribution in [3.8, 4) is 5.82 Å². The van der Waals surface area contributed by atoms with E-state index >= 15 is 0 Å². The first-order chi connectivity index (χ1) is 14.6. The molecule has 0 bridgehead atoms. The quantitative estimate of drug-likeness (QED) is 0.458. The van der Waals surface area contributed by atoms with Crippen LogP contribution in [-0.2, 0) is 0 Å². The van der Waals surface area contributed by atoms with E-state index < -0.39 is 17.7 Å². The summed E-state index contributed by atoms with van der Waals surface area (Å²) in [6.45, 7) is 0. The van der Waals surface area contributed by atoms with E-state index in [1.807, 2.05) is 0 Å². The topological polar surface area (TPSA) is 96.8 Å². The van der Waals surface area contributed by atoms with Gasteiger partial charge in [0.15, 0.2) is 11.6 Å². The summed E-state index contributed by atoms with van der Waals surface area (Å²) in [5.74, 6) is -0.448. The zero-order valence-corrected chi connectivity index (χ0v) is 15.4. The third kappa shape index (κ3) is 4.55. The van der Waals surface area contributed by atoms with Crippen LogP contribution in [0.2, 0.25) is 0 Å². The number of aromatic nitrogens is 4. The molecule has 0 atom stereocenters. The third-order valence-electron chi connectivity index (χ3n) is 3.98. The fourth-order valence-electron chi connectivity index (χ4n) is 2.58. The van der Waals surface area contributed by atoms with Gasteiger partial charge in [-0.2, -0.15) is 5.10 Å². The van der Waals surface area contributed by atoms with Crippen molar-refractivity contribution < 1.29 is 13.6 Å². The number of nitrogens with zero attached hydrogens (tertiary/aromatic N) is 4. The van der Waals surface area contributed by atoms with Crippen molar-refractivity contribution in [2.75, 3.05) is 16.0 Å². The Balaban J connectivity index is 1.35. The van der Waals surface area contributed by atoms with E-state index in [1.54, 1.807) is 59.5 Å². The maximum Gasteiger partial charge on any atom is 0.323 e. The standard InChI is InChI=1S/C20H15F2N7O/c21-13-2-7-17(16(22)12-13)26-20(30)25-15-5-3-14(4-6-15)24-18-8-9-19(28-27-18)29-11-1-10-23-29/h1-12H,(H,24,27)(H2,25,26,30). The summed E-state index contributed by atoms with van der Waals surface area (Å²) in [6, 6.07) is 14.4. The van der Waals surface area contributed by atoms with Gasteiger partial charge in [-0.15, -0.1) is 10.2 Å². The van der Waals surface area contributed by atoms with Crippen molar-refractivity contribution in [1.29, 1.82) is 0 Å². The first kappa shape index (κ1) is 19.0. The minimum atomic E-state index is -0.857. The second-order valence-corrected chi connectivity index (χ2v) is 6.13. The molecule has 2 heterocycles. The molecule has 3 N–H and O–H groups in total. The molecule has 8 nitrogen and oxygen atoms in total. The van der Waals surface area contributed by atoms with Crippen LogP contribution in [0.1, 0.15) is 0 Å². The van der Waals surface area contributed by atoms with Crippen LogP contribution in [0.4, 0.5) is 36.5 Å². The van der Waals surface area contributed by atoms with E-state index in [2.05, 4.69) is 31.2 Å². The average molecular weight is 407 g/mol. The molecule has 2 aromatic heterocycles. The molecule has 0 aliphatic carbocycles. The van der Waals surface area contributed by atoms with Gasteiger partial charge in [-0.3, -0.25) is 0 Å². The van der Waals surface area contributed by atoms with Gasteiger partial charge >= 0.3 is 6.03 Å². The molecule has 4 aromatic rings. The lowest BCUT2D eigenvalue weighted by atomic mass is 10.2. The van der Waals surface area contributed by atoms with Gasteiger partial charge in [-0.1, -0.05) is 0 Å². The smallest absolute Gasteiger partial charge is 0.323 e. The monoisotopic (exact) mass is 407 g/mol. The van der Waals surface area contributed by atoms with Crippen LogP contribution in [0.3, 0.4) is 0 Å². The van der Waals surface area contributed by atoms with Crippen LogP contribution in [0.15, 0.2) is 73.1 Å². The first-order valence-electron chi connectivity index (χ1n) is 8.81. The van der Waals surface area contributed by atoms with Crippen molar-refractivity contribution in [3.63, 3.8) is 0 Å². The van der Waals surface area contributed by atoms with Crippen molar-refractivity contribution in [1.82, 2.24) is 20.0 Å². The number of nitrogens with one attached hydrogen (secondary N) is 3. The average Bonchev–Trinajstić information content (AvgIpc) is 3.27. The predicted octanol–water partition coefficient (Wildman–Crippen LogP) is 4.33. The van der Waals surface area contributed by atoms with Crippen molar-refractivity contribution in [2.24, 2.45) is 0 Å². The Bertz CT molecular complexity index is 1150. The van der Waals surface area contributed by atoms with Crippen molar-refractivity contribution >= 4 is 28.9 Å². The SMILES string of the molecule is O=C(Nc1ccc(Nc2ccc(-n3cccn3)nn2)cc1)Nc1ccc(F)cc1F. The number of hydrogen-bond donors (Lipinski definition) is 3. The lowest BCUT2D eigenvalue weighted by Crippen LogP contribution is -2.20. The minimum absolute atomic E-state index is 0.121. The van der Waals surface area contributed by atoms with Gasteiger partial charge in [-0.25, -0.2) is 18.3 Å². The van der Waals surface area contributed by atoms with Crippen LogP contribution in [0, 0.1) is 11.6 Å². The second kappa shape index (κ2) is 8.35. The van der Waals surface area contributed by atoms with Gasteiger partial charge in [0.25, 0.3) is 0 Å². The molecule has 0 spiro atoms. The Labute approximate surface area is 169 Å². The third-order valence-corrected chi connectivity index (χ3v) is 3.98. The predicted molar refractivity (Wildman–Crippen MR) is 108 cm³/mol. The van der Waals surface area contributed by atoms with Crippen LogP contribution >= 0.6 is 0 Å². The molecule has 0 aliphatic rings. The second-order valence-electron chi connectivity index (χ2n) is 6.13. The number of hydrogen-bond acceptors (Lipinski definition) is 5. The normalized spacial score (nSPS) is 10.5. The molecular weight excluding hydrogens is 392 g/mol. The van der Waals surface area contributed by atoms with Crippen LogP contribution in [0.25, 0.3) is 5.82 Å². The molecule has 0 saturated carbocycles. The van der Waals surface area contributed by atoms with Crippen LogP contribution in [0.5, 0.6) is 0 Å². The number of benzene rings is 2. The number of carbonyl (C=O) groups is 1. The Morgan fingerprint density at radius 1 is 0.900 bits per heavy atom. The lowest BCUT2D eigenvalue weighted by Gasteiger charge is -2.10. The molecule has 10 heteroatoms. The largest absolute Gasteiger partial charge is 0.339 e. The van der Waals surface area contributed by atoms with Gasteiger partial charge < -0.3 is 16.0 Å². The highest BCUT2D eigenvalue weighted by Gasteiger charge is 2.08. The number of anilines is 4. The van der Waals surface area contributed by atoms with Crippen molar-refractivity contribution in [2.45, 2.75) is 0 Å². The molecule has 150 valence electrons. The molecular formula is C20H15F2N7O. The highest BCUT2D eigenvalue weighted by Crippen LogP contribution is 2.19. The lowest BCUT2D eigenvalue weighted by molar-refractivity contribution is 0.262. The van der Waals surface area contributed by atoms with Gasteiger partial charge in [0.2, 0.25) is 0 Å². The van der Waals surface area contributed by atoms with Gasteiger partial charge in [0, 0.05) is 29.8 Å². The maximum absolute atomic E-state index is 13.6. The zero-order valence-electron chi connectivity index (χ0n) is 15.4. The van der Waals surface area contributed by atoms with E-state index in [9.17, 15) is 13.6 Å². The number of halogens is 2. The van der Waals surface area contributed by atoms with Crippen LogP contribution < -0.4 is 16.0 Å². The van der Waals surface area contributed by atoms with Gasteiger partial charge in [0.05, 0.1) is 5.69 Å². The summed E-state index contributed by atoms with van der Waals surface area (Å²) in [6.07, 6.45) is 3.42. The molecule has 0 fully saturated rings. The van der Waals surface area contributed by atoms with E-state index in [4.69, 9.17) is 0 Å². The Morgan fingerprint density at radius 3 is 2.37 bits per heavy atom. The molecule has 0 saturated heterocycles. The minimum Gasteiger partial charge on any atom is -0.339 e. The number of carbonyl (C=O) groups excluding carboxylic acids is 1. The molecule has 0 radical (unpaired) electrons. The summed E-state index contributed by atoms with van der Waals surface area (Å²) in [4.78, 5) is 12.0. The molecule has 4 rings (SSSR count). The number of urea groups is 1. The molecule has 30 heavy (non-hydrogen) atoms. The maximum atomic E-state index is 13.6. The summed E-state index contributed by atoms with van der Waals surface area (Å²) >= 11 is 0. The molecule has 2 aromatic carbocycles. The Hall–Kier alpha value is -4.34.